The molecule has 5 aromatic rings. The van der Waals surface area contributed by atoms with Crippen LogP contribution in [0.15, 0.2) is 55.2 Å². The Labute approximate surface area is 196 Å². The van der Waals surface area contributed by atoms with Gasteiger partial charge < -0.3 is 14.6 Å². The summed E-state index contributed by atoms with van der Waals surface area (Å²) in [5, 5.41) is 5.42. The fourth-order valence-corrected chi connectivity index (χ4v) is 4.76. The first-order valence-corrected chi connectivity index (χ1v) is 11.3. The fraction of sp³-hybridized carbons (Fsp3) is 0.231. The highest BCUT2D eigenvalue weighted by Crippen LogP contribution is 2.33. The number of aromatic amines is 1. The van der Waals surface area contributed by atoms with Crippen LogP contribution in [-0.4, -0.2) is 61.7 Å². The molecule has 5 aromatic heterocycles. The van der Waals surface area contributed by atoms with Gasteiger partial charge in [0.2, 0.25) is 0 Å². The Morgan fingerprint density at radius 1 is 1.06 bits per heavy atom. The molecule has 1 saturated heterocycles. The molecule has 170 valence electrons. The van der Waals surface area contributed by atoms with Crippen molar-refractivity contribution in [3.05, 3.63) is 72.1 Å². The lowest BCUT2D eigenvalue weighted by atomic mass is 9.98. The molecule has 0 bridgehead atoms. The fourth-order valence-electron chi connectivity index (χ4n) is 4.76. The molecule has 8 heteroatoms. The minimum Gasteiger partial charge on any atom is -0.378 e. The van der Waals surface area contributed by atoms with Crippen molar-refractivity contribution in [1.29, 1.82) is 0 Å². The van der Waals surface area contributed by atoms with E-state index in [4.69, 9.17) is 4.74 Å². The first-order valence-electron chi connectivity index (χ1n) is 11.3. The van der Waals surface area contributed by atoms with E-state index in [1.54, 1.807) is 10.7 Å². The van der Waals surface area contributed by atoms with Gasteiger partial charge in [0.15, 0.2) is 0 Å². The number of rotatable bonds is 3. The number of pyridine rings is 3. The molecule has 0 atom stereocenters. The number of aromatic nitrogens is 5. The Bertz CT molecular complexity index is 1520. The number of ether oxygens (including phenoxy) is 1. The van der Waals surface area contributed by atoms with Crippen molar-refractivity contribution in [2.45, 2.75) is 13.8 Å². The number of amides is 1. The SMILES string of the molecule is Cc1ccnc(C)c1-c1cnc2[nH]cc(-c3ccn4ncc(C(=O)N5CCOCC5)c4c3)c2c1. The number of H-pyrrole nitrogens is 1. The van der Waals surface area contributed by atoms with Crippen molar-refractivity contribution < 1.29 is 9.53 Å². The number of nitrogens with zero attached hydrogens (tertiary/aromatic N) is 5. The molecule has 1 aliphatic heterocycles. The molecule has 0 radical (unpaired) electrons. The van der Waals surface area contributed by atoms with E-state index in [1.807, 2.05) is 54.8 Å². The van der Waals surface area contributed by atoms with Gasteiger partial charge in [-0.15, -0.1) is 0 Å². The van der Waals surface area contributed by atoms with Gasteiger partial charge in [0.25, 0.3) is 5.91 Å². The lowest BCUT2D eigenvalue weighted by Gasteiger charge is -2.26. The number of hydrogen-bond acceptors (Lipinski definition) is 5. The Hall–Kier alpha value is -4.04. The summed E-state index contributed by atoms with van der Waals surface area (Å²) in [5.41, 5.74) is 8.50. The summed E-state index contributed by atoms with van der Waals surface area (Å²) < 4.78 is 7.14. The molecule has 0 aliphatic carbocycles. The lowest BCUT2D eigenvalue weighted by molar-refractivity contribution is 0.0304. The smallest absolute Gasteiger partial charge is 0.257 e. The summed E-state index contributed by atoms with van der Waals surface area (Å²) in [6.45, 7) is 6.44. The first-order chi connectivity index (χ1) is 16.6. The third kappa shape index (κ3) is 3.34. The number of aryl methyl sites for hydroxylation is 2. The molecule has 34 heavy (non-hydrogen) atoms. The van der Waals surface area contributed by atoms with Gasteiger partial charge in [-0.2, -0.15) is 5.10 Å². The van der Waals surface area contributed by atoms with Gasteiger partial charge in [-0.25, -0.2) is 9.50 Å². The third-order valence-electron chi connectivity index (χ3n) is 6.53. The Kier molecular flexibility index (Phi) is 4.88. The van der Waals surface area contributed by atoms with Crippen LogP contribution in [0.4, 0.5) is 0 Å². The second kappa shape index (κ2) is 8.07. The Balaban J connectivity index is 1.45. The molecule has 6 heterocycles. The summed E-state index contributed by atoms with van der Waals surface area (Å²) >= 11 is 0. The number of hydrogen-bond donors (Lipinski definition) is 1. The average Bonchev–Trinajstić information content (AvgIpc) is 3.47. The monoisotopic (exact) mass is 452 g/mol. The normalized spacial score (nSPS) is 14.2. The highest BCUT2D eigenvalue weighted by molar-refractivity contribution is 6.02. The summed E-state index contributed by atoms with van der Waals surface area (Å²) in [5.74, 6) is -0.0131. The first kappa shape index (κ1) is 20.6. The summed E-state index contributed by atoms with van der Waals surface area (Å²) in [4.78, 5) is 27.4. The van der Waals surface area contributed by atoms with Gasteiger partial charge in [0.1, 0.15) is 5.65 Å². The summed E-state index contributed by atoms with van der Waals surface area (Å²) in [7, 11) is 0. The number of nitrogens with one attached hydrogen (secondary N) is 1. The zero-order chi connectivity index (χ0) is 23.2. The van der Waals surface area contributed by atoms with E-state index in [0.717, 1.165) is 50.1 Å². The molecule has 8 nitrogen and oxygen atoms in total. The van der Waals surface area contributed by atoms with Crippen molar-refractivity contribution in [2.75, 3.05) is 26.3 Å². The minimum atomic E-state index is -0.0131. The topological polar surface area (TPSA) is 88.4 Å². The maximum atomic E-state index is 13.1. The number of morpholine rings is 1. The van der Waals surface area contributed by atoms with Gasteiger partial charge in [0, 0.05) is 65.6 Å². The molecule has 0 spiro atoms. The Morgan fingerprint density at radius 2 is 1.91 bits per heavy atom. The highest BCUT2D eigenvalue weighted by atomic mass is 16.5. The Morgan fingerprint density at radius 3 is 2.74 bits per heavy atom. The molecule has 1 fully saturated rings. The van der Waals surface area contributed by atoms with Crippen LogP contribution in [0.25, 0.3) is 38.8 Å². The average molecular weight is 453 g/mol. The standard InChI is InChI=1S/C26H24N6O2/c1-16-3-5-27-17(2)24(16)19-11-20-21(14-29-25(20)28-13-19)18-4-6-32-23(12-18)22(15-30-32)26(33)31-7-9-34-10-8-31/h3-6,11-15H,7-10H2,1-2H3,(H,28,29). The predicted octanol–water partition coefficient (Wildman–Crippen LogP) is 4.03. The zero-order valence-electron chi connectivity index (χ0n) is 19.1. The number of carbonyl (C=O) groups excluding carboxylic acids is 1. The lowest BCUT2D eigenvalue weighted by Crippen LogP contribution is -2.40. The van der Waals surface area contributed by atoms with E-state index in [0.29, 0.717) is 31.9 Å². The van der Waals surface area contributed by atoms with E-state index in [-0.39, 0.29) is 5.91 Å². The largest absolute Gasteiger partial charge is 0.378 e. The maximum absolute atomic E-state index is 13.1. The zero-order valence-corrected chi connectivity index (χ0v) is 19.1. The highest BCUT2D eigenvalue weighted by Gasteiger charge is 2.22. The molecule has 0 unspecified atom stereocenters. The van der Waals surface area contributed by atoms with Crippen LogP contribution in [0.5, 0.6) is 0 Å². The van der Waals surface area contributed by atoms with Crippen LogP contribution in [0.2, 0.25) is 0 Å². The summed E-state index contributed by atoms with van der Waals surface area (Å²) in [6, 6.07) is 8.21. The van der Waals surface area contributed by atoms with Crippen molar-refractivity contribution >= 4 is 22.5 Å². The van der Waals surface area contributed by atoms with Crippen LogP contribution < -0.4 is 0 Å². The summed E-state index contributed by atoms with van der Waals surface area (Å²) in [6.07, 6.45) is 9.24. The van der Waals surface area contributed by atoms with Gasteiger partial charge in [0.05, 0.1) is 30.5 Å². The van der Waals surface area contributed by atoms with E-state index < -0.39 is 0 Å². The van der Waals surface area contributed by atoms with Crippen LogP contribution in [-0.2, 0) is 4.74 Å². The predicted molar refractivity (Wildman–Crippen MR) is 130 cm³/mol. The maximum Gasteiger partial charge on any atom is 0.257 e. The second-order valence-electron chi connectivity index (χ2n) is 8.62. The molecule has 0 saturated carbocycles. The molecule has 1 aliphatic rings. The van der Waals surface area contributed by atoms with Gasteiger partial charge in [-0.05, 0) is 49.2 Å². The van der Waals surface area contributed by atoms with Crippen LogP contribution in [0.1, 0.15) is 21.6 Å². The quantitative estimate of drug-likeness (QED) is 0.447. The van der Waals surface area contributed by atoms with Crippen molar-refractivity contribution in [2.24, 2.45) is 0 Å². The minimum absolute atomic E-state index is 0.0131. The van der Waals surface area contributed by atoms with Crippen molar-refractivity contribution in [3.8, 4) is 22.3 Å². The van der Waals surface area contributed by atoms with Crippen LogP contribution >= 0.6 is 0 Å². The van der Waals surface area contributed by atoms with Gasteiger partial charge in [-0.1, -0.05) is 0 Å². The third-order valence-corrected chi connectivity index (χ3v) is 6.53. The molecular weight excluding hydrogens is 428 g/mol. The molecule has 0 aromatic carbocycles. The van der Waals surface area contributed by atoms with Crippen LogP contribution in [0.3, 0.4) is 0 Å². The van der Waals surface area contributed by atoms with E-state index in [2.05, 4.69) is 33.0 Å². The molecule has 6 rings (SSSR count). The van der Waals surface area contributed by atoms with Gasteiger partial charge in [-0.3, -0.25) is 9.78 Å². The molecular formula is C26H24N6O2. The van der Waals surface area contributed by atoms with E-state index in [1.165, 1.54) is 0 Å². The molecule has 1 amide bonds. The van der Waals surface area contributed by atoms with E-state index >= 15 is 0 Å². The molecule has 1 N–H and O–H groups in total. The van der Waals surface area contributed by atoms with E-state index in [9.17, 15) is 4.79 Å². The number of carbonyl (C=O) groups is 1. The number of fused-ring (bicyclic) bond motifs is 2. The van der Waals surface area contributed by atoms with Crippen molar-refractivity contribution in [1.82, 2.24) is 29.5 Å². The van der Waals surface area contributed by atoms with Crippen LogP contribution in [0, 0.1) is 13.8 Å². The van der Waals surface area contributed by atoms with Gasteiger partial charge >= 0.3 is 0 Å². The van der Waals surface area contributed by atoms with Crippen molar-refractivity contribution in [3.63, 3.8) is 0 Å². The second-order valence-corrected chi connectivity index (χ2v) is 8.62.